The Morgan fingerprint density at radius 1 is 1.24 bits per heavy atom. The Morgan fingerprint density at radius 3 is 2.56 bits per heavy atom. The van der Waals surface area contributed by atoms with Crippen LogP contribution in [-0.4, -0.2) is 21.1 Å². The summed E-state index contributed by atoms with van der Waals surface area (Å²) in [4.78, 5) is 20.4. The van der Waals surface area contributed by atoms with E-state index in [2.05, 4.69) is 9.97 Å². The van der Waals surface area contributed by atoms with E-state index in [4.69, 9.17) is 18.0 Å². The number of pyridine rings is 1. The molecule has 2 aromatic heterocycles. The Labute approximate surface area is 152 Å². The van der Waals surface area contributed by atoms with Gasteiger partial charge in [-0.3, -0.25) is 9.78 Å². The van der Waals surface area contributed by atoms with Gasteiger partial charge in [-0.25, -0.2) is 0 Å². The van der Waals surface area contributed by atoms with Crippen LogP contribution < -0.4 is 5.73 Å². The molecule has 2 heterocycles. The number of H-pyrrole nitrogens is 1. The molecule has 3 rings (SSSR count). The van der Waals surface area contributed by atoms with Crippen molar-refractivity contribution in [2.24, 2.45) is 0 Å². The second kappa shape index (κ2) is 6.99. The standard InChI is InChI=1S/C20H19N3OS/c1-12-9-18(13(2)17-8-7-16(21)10-22-17)23-19(12)20(24)15-5-3-14(11-25)4-6-15/h3-11,13,23H,21H2,1-2H3. The highest BCUT2D eigenvalue weighted by Crippen LogP contribution is 2.25. The Hall–Kier alpha value is -2.79. The van der Waals surface area contributed by atoms with Crippen molar-refractivity contribution in [2.45, 2.75) is 19.8 Å². The van der Waals surface area contributed by atoms with Crippen molar-refractivity contribution in [3.63, 3.8) is 0 Å². The number of carbonyl (C=O) groups excluding carboxylic acids is 1. The smallest absolute Gasteiger partial charge is 0.209 e. The second-order valence-electron chi connectivity index (χ2n) is 6.09. The maximum absolute atomic E-state index is 12.8. The van der Waals surface area contributed by atoms with Crippen LogP contribution in [0.3, 0.4) is 0 Å². The van der Waals surface area contributed by atoms with E-state index in [1.807, 2.05) is 44.2 Å². The van der Waals surface area contributed by atoms with Gasteiger partial charge in [-0.2, -0.15) is 0 Å². The molecule has 0 amide bonds. The van der Waals surface area contributed by atoms with Crippen LogP contribution in [0.15, 0.2) is 48.7 Å². The summed E-state index contributed by atoms with van der Waals surface area (Å²) in [6.07, 6.45) is 1.64. The third-order valence-electron chi connectivity index (χ3n) is 4.29. The first-order valence-corrected chi connectivity index (χ1v) is 8.47. The third-order valence-corrected chi connectivity index (χ3v) is 4.56. The minimum atomic E-state index is -0.0304. The molecule has 3 N–H and O–H groups in total. The van der Waals surface area contributed by atoms with E-state index in [1.54, 1.807) is 23.7 Å². The SMILES string of the molecule is Cc1cc(C(C)c2ccc(N)cn2)[nH]c1C(=O)c1ccc(C=S)cc1. The maximum Gasteiger partial charge on any atom is 0.209 e. The lowest BCUT2D eigenvalue weighted by atomic mass is 10.0. The fraction of sp³-hybridized carbons (Fsp3) is 0.150. The Kier molecular flexibility index (Phi) is 4.76. The van der Waals surface area contributed by atoms with Crippen molar-refractivity contribution in [1.82, 2.24) is 9.97 Å². The van der Waals surface area contributed by atoms with Gasteiger partial charge in [0.15, 0.2) is 0 Å². The van der Waals surface area contributed by atoms with Crippen molar-refractivity contribution in [3.05, 3.63) is 82.4 Å². The molecular formula is C20H19N3OS. The molecule has 0 radical (unpaired) electrons. The Balaban J connectivity index is 1.89. The number of aryl methyl sites for hydroxylation is 1. The van der Waals surface area contributed by atoms with Crippen LogP contribution in [0, 0.1) is 6.92 Å². The number of anilines is 1. The lowest BCUT2D eigenvalue weighted by Gasteiger charge is -2.09. The van der Waals surface area contributed by atoms with E-state index in [-0.39, 0.29) is 11.7 Å². The first kappa shape index (κ1) is 17.0. The minimum absolute atomic E-state index is 0.0304. The van der Waals surface area contributed by atoms with Crippen LogP contribution in [0.1, 0.15) is 51.4 Å². The number of carbonyl (C=O) groups is 1. The van der Waals surface area contributed by atoms with Crippen LogP contribution in [0.2, 0.25) is 0 Å². The van der Waals surface area contributed by atoms with Gasteiger partial charge in [-0.05, 0) is 36.2 Å². The number of rotatable bonds is 5. The van der Waals surface area contributed by atoms with Gasteiger partial charge in [0.05, 0.1) is 17.6 Å². The van der Waals surface area contributed by atoms with Crippen LogP contribution in [0.25, 0.3) is 0 Å². The molecule has 25 heavy (non-hydrogen) atoms. The number of aromatic nitrogens is 2. The zero-order chi connectivity index (χ0) is 18.0. The number of hydrogen-bond donors (Lipinski definition) is 2. The molecular weight excluding hydrogens is 330 g/mol. The summed E-state index contributed by atoms with van der Waals surface area (Å²) in [5.41, 5.74) is 11.3. The molecule has 0 spiro atoms. The molecule has 0 saturated carbocycles. The number of hydrogen-bond acceptors (Lipinski definition) is 4. The van der Waals surface area contributed by atoms with Gasteiger partial charge >= 0.3 is 0 Å². The summed E-state index contributed by atoms with van der Waals surface area (Å²) in [5.74, 6) is 0.00942. The molecule has 5 heteroatoms. The molecule has 4 nitrogen and oxygen atoms in total. The molecule has 0 bridgehead atoms. The molecule has 0 aliphatic carbocycles. The van der Waals surface area contributed by atoms with E-state index in [1.165, 1.54) is 0 Å². The molecule has 1 unspecified atom stereocenters. The highest BCUT2D eigenvalue weighted by Gasteiger charge is 2.19. The van der Waals surface area contributed by atoms with Crippen molar-refractivity contribution >= 4 is 29.1 Å². The topological polar surface area (TPSA) is 71.8 Å². The van der Waals surface area contributed by atoms with E-state index in [9.17, 15) is 4.79 Å². The molecule has 3 aromatic rings. The lowest BCUT2D eigenvalue weighted by molar-refractivity contribution is 0.103. The van der Waals surface area contributed by atoms with Gasteiger partial charge in [0.1, 0.15) is 0 Å². The van der Waals surface area contributed by atoms with E-state index >= 15 is 0 Å². The highest BCUT2D eigenvalue weighted by molar-refractivity contribution is 7.79. The number of aromatic amines is 1. The van der Waals surface area contributed by atoms with Crippen molar-refractivity contribution in [3.8, 4) is 0 Å². The number of benzene rings is 1. The fourth-order valence-electron chi connectivity index (χ4n) is 2.74. The summed E-state index contributed by atoms with van der Waals surface area (Å²) in [5, 5.41) is 1.59. The summed E-state index contributed by atoms with van der Waals surface area (Å²) in [7, 11) is 0. The molecule has 1 aromatic carbocycles. The van der Waals surface area contributed by atoms with Gasteiger partial charge in [-0.15, -0.1) is 0 Å². The lowest BCUT2D eigenvalue weighted by Crippen LogP contribution is -2.05. The first-order chi connectivity index (χ1) is 12.0. The van der Waals surface area contributed by atoms with Crippen LogP contribution in [0.4, 0.5) is 5.69 Å². The number of ketones is 1. The number of nitrogens with zero attached hydrogens (tertiary/aromatic N) is 1. The molecule has 1 atom stereocenters. The average molecular weight is 349 g/mol. The van der Waals surface area contributed by atoms with Gasteiger partial charge in [0.25, 0.3) is 0 Å². The number of nitrogen functional groups attached to an aromatic ring is 1. The van der Waals surface area contributed by atoms with Crippen molar-refractivity contribution < 1.29 is 4.79 Å². The molecule has 0 saturated heterocycles. The highest BCUT2D eigenvalue weighted by atomic mass is 32.1. The molecule has 0 aliphatic rings. The number of nitrogens with two attached hydrogens (primary N) is 1. The monoisotopic (exact) mass is 349 g/mol. The number of thiocarbonyl (C=S) groups is 1. The Morgan fingerprint density at radius 2 is 1.96 bits per heavy atom. The first-order valence-electron chi connectivity index (χ1n) is 8.00. The third kappa shape index (κ3) is 3.51. The van der Waals surface area contributed by atoms with E-state index in [0.717, 1.165) is 22.5 Å². The van der Waals surface area contributed by atoms with Crippen molar-refractivity contribution in [1.29, 1.82) is 0 Å². The number of nitrogens with one attached hydrogen (secondary N) is 1. The van der Waals surface area contributed by atoms with E-state index in [0.29, 0.717) is 16.9 Å². The predicted octanol–water partition coefficient (Wildman–Crippen LogP) is 4.03. The summed E-state index contributed by atoms with van der Waals surface area (Å²) in [6.45, 7) is 3.98. The predicted molar refractivity (Wildman–Crippen MR) is 104 cm³/mol. The van der Waals surface area contributed by atoms with E-state index < -0.39 is 0 Å². The van der Waals surface area contributed by atoms with Gasteiger partial charge in [-0.1, -0.05) is 43.4 Å². The van der Waals surface area contributed by atoms with Crippen molar-refractivity contribution in [2.75, 3.05) is 5.73 Å². The largest absolute Gasteiger partial charge is 0.397 e. The summed E-state index contributed by atoms with van der Waals surface area (Å²) < 4.78 is 0. The van der Waals surface area contributed by atoms with Gasteiger partial charge in [0, 0.05) is 28.2 Å². The van der Waals surface area contributed by atoms with Crippen LogP contribution in [-0.2, 0) is 0 Å². The normalized spacial score (nSPS) is 11.9. The second-order valence-corrected chi connectivity index (χ2v) is 6.33. The van der Waals surface area contributed by atoms with Crippen LogP contribution in [0.5, 0.6) is 0 Å². The maximum atomic E-state index is 12.8. The summed E-state index contributed by atoms with van der Waals surface area (Å²) >= 11 is 4.90. The molecule has 126 valence electrons. The van der Waals surface area contributed by atoms with Gasteiger partial charge in [0.2, 0.25) is 5.78 Å². The zero-order valence-electron chi connectivity index (χ0n) is 14.1. The fourth-order valence-corrected chi connectivity index (χ4v) is 2.90. The quantitative estimate of drug-likeness (QED) is 0.539. The minimum Gasteiger partial charge on any atom is -0.397 e. The zero-order valence-corrected chi connectivity index (χ0v) is 14.9. The van der Waals surface area contributed by atoms with Crippen LogP contribution >= 0.6 is 12.2 Å². The summed E-state index contributed by atoms with van der Waals surface area (Å²) in [6, 6.07) is 13.0. The average Bonchev–Trinajstić information content (AvgIpc) is 3.03. The molecule has 0 fully saturated rings. The molecule has 0 aliphatic heterocycles. The van der Waals surface area contributed by atoms with Gasteiger partial charge < -0.3 is 10.7 Å². The Bertz CT molecular complexity index is 911.